The molecule has 8 nitrogen and oxygen atoms in total. The van der Waals surface area contributed by atoms with Gasteiger partial charge in [0.2, 0.25) is 0 Å². The molecule has 3 saturated heterocycles. The van der Waals surface area contributed by atoms with Gasteiger partial charge in [0, 0.05) is 55.6 Å². The molecular formula is C31H35NO7. The fourth-order valence-electron chi connectivity index (χ4n) is 12.1. The Morgan fingerprint density at radius 2 is 1.74 bits per heavy atom. The average Bonchev–Trinajstić information content (AvgIpc) is 3.30. The normalized spacial score (nSPS) is 52.6. The lowest BCUT2D eigenvalue weighted by molar-refractivity contribution is -0.254. The van der Waals surface area contributed by atoms with Gasteiger partial charge in [0.05, 0.1) is 11.7 Å². The first-order valence-corrected chi connectivity index (χ1v) is 14.3. The van der Waals surface area contributed by atoms with E-state index in [1.54, 1.807) is 24.3 Å². The smallest absolute Gasteiger partial charge is 0.338 e. The Labute approximate surface area is 227 Å². The first kappa shape index (κ1) is 24.1. The van der Waals surface area contributed by atoms with Crippen molar-refractivity contribution >= 4 is 17.9 Å². The SMILES string of the molecule is C=C1C[C@@]23C[C@H]4[C@@H]5[C@@]6(C)C[C@H](OC(=O)c7ccccc7)[C@@H](OC(C)=O)[C@]57[C@@H]2[C@@H](OC(C)=O)[C@H]1[C@@H](O)[C@H]3[C@H]7N4C6. The van der Waals surface area contributed by atoms with Crippen molar-refractivity contribution in [3.8, 4) is 0 Å². The van der Waals surface area contributed by atoms with Crippen molar-refractivity contribution in [1.29, 1.82) is 0 Å². The molecule has 6 saturated carbocycles. The molecule has 6 aliphatic carbocycles. The number of aliphatic hydroxyl groups is 1. The Bertz CT molecular complexity index is 1330. The molecule has 1 unspecified atom stereocenters. The number of nitrogens with zero attached hydrogens (tertiary/aromatic N) is 1. The van der Waals surface area contributed by atoms with Gasteiger partial charge in [0.25, 0.3) is 0 Å². The molecule has 14 atom stereocenters. The lowest BCUT2D eigenvalue weighted by Crippen LogP contribution is -2.71. The van der Waals surface area contributed by atoms with E-state index in [4.69, 9.17) is 14.2 Å². The van der Waals surface area contributed by atoms with Gasteiger partial charge in [-0.05, 0) is 48.1 Å². The standard InChI is InChI=1S/C31H35NO7/c1-14-10-30-11-18-24-29(4)12-19(39-28(36)17-8-6-5-7-9-17)27(38-16(3)34)31(24)25(30)23(37-15(2)33)20(14)22(35)21(30)26(31)32(18)13-29/h5-9,18-27,35H,1,10-13H2,2-4H3/t18-,19-,20+,21-,22+,23-,24+,25+,26+,27+,29-,30-,31-/m0/s1. The number of aliphatic hydroxyl groups excluding tert-OH is 1. The number of carbonyl (C=O) groups excluding carboxylic acids is 3. The number of hydrogen-bond donors (Lipinski definition) is 1. The summed E-state index contributed by atoms with van der Waals surface area (Å²) in [5, 5.41) is 11.9. The summed E-state index contributed by atoms with van der Waals surface area (Å²) in [5.41, 5.74) is 0.361. The largest absolute Gasteiger partial charge is 0.461 e. The van der Waals surface area contributed by atoms with Crippen LogP contribution in [0.4, 0.5) is 0 Å². The minimum absolute atomic E-state index is 0.0303. The predicted octanol–water partition coefficient (Wildman–Crippen LogP) is 2.74. The van der Waals surface area contributed by atoms with E-state index in [-0.39, 0.29) is 46.5 Å². The van der Waals surface area contributed by atoms with Crippen LogP contribution in [0.5, 0.6) is 0 Å². The van der Waals surface area contributed by atoms with E-state index in [0.29, 0.717) is 18.0 Å². The van der Waals surface area contributed by atoms with Crippen LogP contribution in [0, 0.1) is 39.9 Å². The van der Waals surface area contributed by atoms with Gasteiger partial charge in [0.1, 0.15) is 18.3 Å². The molecule has 0 amide bonds. The van der Waals surface area contributed by atoms with E-state index in [0.717, 1.165) is 25.0 Å². The highest BCUT2D eigenvalue weighted by molar-refractivity contribution is 5.89. The van der Waals surface area contributed by atoms with E-state index in [9.17, 15) is 19.5 Å². The van der Waals surface area contributed by atoms with Gasteiger partial charge in [-0.1, -0.05) is 37.3 Å². The van der Waals surface area contributed by atoms with E-state index in [1.807, 2.05) is 6.07 Å². The Morgan fingerprint density at radius 1 is 1.03 bits per heavy atom. The Balaban J connectivity index is 1.32. The molecule has 0 aromatic heterocycles. The van der Waals surface area contributed by atoms with Gasteiger partial charge < -0.3 is 19.3 Å². The number of esters is 3. The summed E-state index contributed by atoms with van der Waals surface area (Å²) in [5.74, 6) is -1.54. The Kier molecular flexibility index (Phi) is 4.53. The molecule has 9 fully saturated rings. The van der Waals surface area contributed by atoms with E-state index in [1.165, 1.54) is 13.8 Å². The maximum Gasteiger partial charge on any atom is 0.338 e. The molecule has 1 N–H and O–H groups in total. The first-order chi connectivity index (χ1) is 18.5. The summed E-state index contributed by atoms with van der Waals surface area (Å²) in [4.78, 5) is 41.2. The van der Waals surface area contributed by atoms with Crippen LogP contribution >= 0.6 is 0 Å². The highest BCUT2D eigenvalue weighted by atomic mass is 16.6. The molecular weight excluding hydrogens is 498 g/mol. The lowest BCUT2D eigenvalue weighted by Gasteiger charge is -2.67. The van der Waals surface area contributed by atoms with E-state index in [2.05, 4.69) is 18.4 Å². The summed E-state index contributed by atoms with van der Waals surface area (Å²) in [6, 6.07) is 9.17. The zero-order chi connectivity index (χ0) is 27.2. The van der Waals surface area contributed by atoms with Crippen LogP contribution in [0.3, 0.4) is 0 Å². The first-order valence-electron chi connectivity index (χ1n) is 14.3. The maximum atomic E-state index is 13.4. The fourth-order valence-corrected chi connectivity index (χ4v) is 12.1. The van der Waals surface area contributed by atoms with Crippen molar-refractivity contribution in [2.24, 2.45) is 39.9 Å². The van der Waals surface area contributed by atoms with Crippen LogP contribution in [0.15, 0.2) is 42.5 Å². The predicted molar refractivity (Wildman–Crippen MR) is 137 cm³/mol. The highest BCUT2D eigenvalue weighted by Gasteiger charge is 2.93. The summed E-state index contributed by atoms with van der Waals surface area (Å²) in [6.45, 7) is 10.3. The van der Waals surface area contributed by atoms with Crippen molar-refractivity contribution in [2.75, 3.05) is 6.54 Å². The Morgan fingerprint density at radius 3 is 2.44 bits per heavy atom. The quantitative estimate of drug-likeness (QED) is 0.358. The van der Waals surface area contributed by atoms with Crippen LogP contribution in [0.2, 0.25) is 0 Å². The number of benzene rings is 1. The molecule has 2 spiro atoms. The minimum Gasteiger partial charge on any atom is -0.461 e. The third-order valence-corrected chi connectivity index (χ3v) is 12.1. The zero-order valence-corrected chi connectivity index (χ0v) is 22.5. The molecule has 10 rings (SSSR count). The third-order valence-electron chi connectivity index (χ3n) is 12.1. The summed E-state index contributed by atoms with van der Waals surface area (Å²) in [6.07, 6.45) is -0.268. The monoisotopic (exact) mass is 533 g/mol. The average molecular weight is 534 g/mol. The topological polar surface area (TPSA) is 102 Å². The molecule has 9 aliphatic rings. The summed E-state index contributed by atoms with van der Waals surface area (Å²) >= 11 is 0. The number of rotatable bonds is 4. The van der Waals surface area contributed by atoms with Gasteiger partial charge in [0.15, 0.2) is 0 Å². The van der Waals surface area contributed by atoms with Crippen LogP contribution in [0.1, 0.15) is 50.4 Å². The number of fused-ring (bicyclic) bond motifs is 1. The van der Waals surface area contributed by atoms with Gasteiger partial charge in [-0.15, -0.1) is 0 Å². The lowest BCUT2D eigenvalue weighted by atomic mass is 9.39. The van der Waals surface area contributed by atoms with Crippen molar-refractivity contribution in [3.05, 3.63) is 48.0 Å². The highest BCUT2D eigenvalue weighted by Crippen LogP contribution is 2.87. The summed E-state index contributed by atoms with van der Waals surface area (Å²) < 4.78 is 18.7. The van der Waals surface area contributed by atoms with Gasteiger partial charge >= 0.3 is 17.9 Å². The van der Waals surface area contributed by atoms with Crippen molar-refractivity contribution < 1.29 is 33.7 Å². The number of carbonyl (C=O) groups is 3. The molecule has 39 heavy (non-hydrogen) atoms. The molecule has 206 valence electrons. The summed E-state index contributed by atoms with van der Waals surface area (Å²) in [7, 11) is 0. The second-order valence-electron chi connectivity index (χ2n) is 13.7. The minimum atomic E-state index is -0.691. The second-order valence-corrected chi connectivity index (χ2v) is 13.7. The maximum absolute atomic E-state index is 13.4. The van der Waals surface area contributed by atoms with Crippen LogP contribution in [-0.4, -0.2) is 71.0 Å². The van der Waals surface area contributed by atoms with Gasteiger partial charge in [-0.25, -0.2) is 4.79 Å². The van der Waals surface area contributed by atoms with Crippen molar-refractivity contribution in [1.82, 2.24) is 4.90 Å². The molecule has 0 radical (unpaired) electrons. The number of hydrogen-bond acceptors (Lipinski definition) is 8. The molecule has 3 aliphatic heterocycles. The van der Waals surface area contributed by atoms with Crippen molar-refractivity contribution in [3.63, 3.8) is 0 Å². The molecule has 9 bridgehead atoms. The van der Waals surface area contributed by atoms with Crippen LogP contribution < -0.4 is 0 Å². The number of piperidine rings is 2. The van der Waals surface area contributed by atoms with Crippen LogP contribution in [0.25, 0.3) is 0 Å². The van der Waals surface area contributed by atoms with Gasteiger partial charge in [-0.3, -0.25) is 14.5 Å². The Hall–Kier alpha value is -2.71. The molecule has 1 aromatic carbocycles. The van der Waals surface area contributed by atoms with Gasteiger partial charge in [-0.2, -0.15) is 0 Å². The zero-order valence-electron chi connectivity index (χ0n) is 22.5. The number of ether oxygens (including phenoxy) is 3. The molecule has 3 heterocycles. The van der Waals surface area contributed by atoms with Crippen LogP contribution in [-0.2, 0) is 23.8 Å². The third kappa shape index (κ3) is 2.57. The fraction of sp³-hybridized carbons (Fsp3) is 0.645. The van der Waals surface area contributed by atoms with Crippen molar-refractivity contribution in [2.45, 2.75) is 76.5 Å². The second kappa shape index (κ2) is 7.32. The van der Waals surface area contributed by atoms with E-state index < -0.39 is 41.8 Å². The molecule has 8 heteroatoms. The molecule has 1 aromatic rings. The van der Waals surface area contributed by atoms with E-state index >= 15 is 0 Å².